The van der Waals surface area contributed by atoms with Crippen LogP contribution >= 0.6 is 0 Å². The molecule has 4 aromatic heterocycles. The second-order valence-corrected chi connectivity index (χ2v) is 6.30. The third-order valence-electron chi connectivity index (χ3n) is 4.43. The fourth-order valence-electron chi connectivity index (χ4n) is 2.88. The summed E-state index contributed by atoms with van der Waals surface area (Å²) in [6.45, 7) is 0.744. The molecule has 0 aliphatic rings. The minimum absolute atomic E-state index is 0.186. The van der Waals surface area contributed by atoms with Gasteiger partial charge in [-0.2, -0.15) is 0 Å². The number of nitrogens with one attached hydrogen (secondary N) is 1. The molecule has 0 saturated carbocycles. The van der Waals surface area contributed by atoms with Crippen LogP contribution in [0.1, 0.15) is 5.69 Å². The Morgan fingerprint density at radius 3 is 2.82 bits per heavy atom. The van der Waals surface area contributed by atoms with Crippen molar-refractivity contribution in [1.29, 1.82) is 0 Å². The van der Waals surface area contributed by atoms with E-state index in [-0.39, 0.29) is 5.56 Å². The van der Waals surface area contributed by atoms with E-state index >= 15 is 0 Å². The van der Waals surface area contributed by atoms with Gasteiger partial charge in [-0.15, -0.1) is 0 Å². The molecule has 0 amide bonds. The number of H-pyrrole nitrogens is 1. The van der Waals surface area contributed by atoms with Gasteiger partial charge < -0.3 is 4.90 Å². The van der Waals surface area contributed by atoms with Crippen LogP contribution in [0.3, 0.4) is 0 Å². The summed E-state index contributed by atoms with van der Waals surface area (Å²) in [7, 11) is 1.95. The summed E-state index contributed by atoms with van der Waals surface area (Å²) in [5.41, 5.74) is 2.13. The molecule has 8 heteroatoms. The molecule has 4 rings (SSSR count). The molecular weight excluding hydrogens is 354 g/mol. The van der Waals surface area contributed by atoms with Crippen LogP contribution in [0.25, 0.3) is 16.9 Å². The lowest BCUT2D eigenvalue weighted by Gasteiger charge is -2.18. The molecule has 0 aliphatic heterocycles. The lowest BCUT2D eigenvalue weighted by atomic mass is 10.2. The molecule has 8 nitrogen and oxygen atoms in total. The molecular formula is C20H19N7O. The van der Waals surface area contributed by atoms with Gasteiger partial charge in [-0.3, -0.25) is 19.9 Å². The number of likely N-dealkylation sites (N-methyl/N-ethyl adjacent to an activating group) is 1. The van der Waals surface area contributed by atoms with Crippen LogP contribution in [0, 0.1) is 0 Å². The van der Waals surface area contributed by atoms with E-state index in [1.54, 1.807) is 36.9 Å². The number of anilines is 1. The molecule has 4 heterocycles. The van der Waals surface area contributed by atoms with E-state index in [1.807, 2.05) is 36.2 Å². The number of hydrogen-bond donors (Lipinski definition) is 1. The monoisotopic (exact) mass is 373 g/mol. The first-order chi connectivity index (χ1) is 13.7. The minimum atomic E-state index is -0.186. The van der Waals surface area contributed by atoms with Gasteiger partial charge >= 0.3 is 0 Å². The number of aromatic nitrogens is 6. The number of rotatable bonds is 6. The highest BCUT2D eigenvalue weighted by molar-refractivity contribution is 5.60. The van der Waals surface area contributed by atoms with Crippen LogP contribution in [0.5, 0.6) is 0 Å². The van der Waals surface area contributed by atoms with Gasteiger partial charge in [-0.05, 0) is 18.2 Å². The van der Waals surface area contributed by atoms with E-state index < -0.39 is 0 Å². The number of hydrogen-bond acceptors (Lipinski definition) is 6. The fourth-order valence-corrected chi connectivity index (χ4v) is 2.88. The van der Waals surface area contributed by atoms with E-state index in [1.165, 1.54) is 11.0 Å². The molecule has 0 fully saturated rings. The Kier molecular flexibility index (Phi) is 4.92. The normalized spacial score (nSPS) is 10.8. The molecule has 140 valence electrons. The second kappa shape index (κ2) is 7.83. The standard InChI is InChI=1S/C20H19N7O/c1-26(10-7-16-6-2-3-9-22-16)18-11-19(24-14-23-18)27-20(28)17(13-25-27)15-5-4-8-21-12-15/h2-6,8-9,11-14,25H,7,10H2,1H3. The Morgan fingerprint density at radius 1 is 1.11 bits per heavy atom. The third-order valence-corrected chi connectivity index (χ3v) is 4.43. The Balaban J connectivity index is 1.56. The molecule has 0 bridgehead atoms. The molecule has 1 N–H and O–H groups in total. The first kappa shape index (κ1) is 17.6. The van der Waals surface area contributed by atoms with Crippen LogP contribution in [-0.2, 0) is 6.42 Å². The fraction of sp³-hybridized carbons (Fsp3) is 0.150. The van der Waals surface area contributed by atoms with Crippen LogP contribution in [-0.4, -0.2) is 43.3 Å². The summed E-state index contributed by atoms with van der Waals surface area (Å²) in [5, 5.41) is 2.97. The summed E-state index contributed by atoms with van der Waals surface area (Å²) in [4.78, 5) is 31.8. The van der Waals surface area contributed by atoms with Crippen LogP contribution in [0.2, 0.25) is 0 Å². The lowest BCUT2D eigenvalue weighted by Crippen LogP contribution is -2.23. The van der Waals surface area contributed by atoms with Crippen molar-refractivity contribution in [3.05, 3.63) is 83.6 Å². The second-order valence-electron chi connectivity index (χ2n) is 6.30. The van der Waals surface area contributed by atoms with E-state index in [0.717, 1.165) is 30.0 Å². The average molecular weight is 373 g/mol. The molecule has 0 unspecified atom stereocenters. The maximum absolute atomic E-state index is 12.8. The molecule has 0 aromatic carbocycles. The van der Waals surface area contributed by atoms with E-state index in [2.05, 4.69) is 25.0 Å². The van der Waals surface area contributed by atoms with Crippen LogP contribution < -0.4 is 10.5 Å². The van der Waals surface area contributed by atoms with Crippen LogP contribution in [0.4, 0.5) is 5.82 Å². The minimum Gasteiger partial charge on any atom is -0.359 e. The summed E-state index contributed by atoms with van der Waals surface area (Å²) in [5.74, 6) is 1.21. The lowest BCUT2D eigenvalue weighted by molar-refractivity contribution is 0.798. The zero-order valence-electron chi connectivity index (χ0n) is 15.4. The van der Waals surface area contributed by atoms with Crippen molar-refractivity contribution in [2.24, 2.45) is 0 Å². The van der Waals surface area contributed by atoms with Crippen molar-refractivity contribution in [2.75, 3.05) is 18.5 Å². The van der Waals surface area contributed by atoms with Crippen molar-refractivity contribution in [3.8, 4) is 16.9 Å². The first-order valence-electron chi connectivity index (χ1n) is 8.86. The Bertz CT molecular complexity index is 1110. The highest BCUT2D eigenvalue weighted by Gasteiger charge is 2.12. The molecule has 0 spiro atoms. The summed E-state index contributed by atoms with van der Waals surface area (Å²) in [6, 6.07) is 11.3. The maximum atomic E-state index is 12.8. The van der Waals surface area contributed by atoms with Gasteiger partial charge in [0.25, 0.3) is 5.56 Å². The predicted molar refractivity (Wildman–Crippen MR) is 106 cm³/mol. The number of pyridine rings is 2. The number of aromatic amines is 1. The van der Waals surface area contributed by atoms with Gasteiger partial charge in [0.05, 0.1) is 5.56 Å². The Labute approximate surface area is 161 Å². The average Bonchev–Trinajstić information content (AvgIpc) is 3.15. The highest BCUT2D eigenvalue weighted by atomic mass is 16.1. The Morgan fingerprint density at radius 2 is 2.04 bits per heavy atom. The third kappa shape index (κ3) is 3.66. The molecule has 0 radical (unpaired) electrons. The van der Waals surface area contributed by atoms with Gasteiger partial charge in [-0.25, -0.2) is 14.6 Å². The summed E-state index contributed by atoms with van der Waals surface area (Å²) >= 11 is 0. The van der Waals surface area contributed by atoms with Crippen molar-refractivity contribution < 1.29 is 0 Å². The van der Waals surface area contributed by atoms with Gasteiger partial charge in [-0.1, -0.05) is 12.1 Å². The quantitative estimate of drug-likeness (QED) is 0.556. The SMILES string of the molecule is CN(CCc1ccccn1)c1cc(-n2[nH]cc(-c3cccnc3)c2=O)ncn1. The highest BCUT2D eigenvalue weighted by Crippen LogP contribution is 2.15. The van der Waals surface area contributed by atoms with E-state index in [4.69, 9.17) is 0 Å². The molecule has 0 atom stereocenters. The number of nitrogens with zero attached hydrogens (tertiary/aromatic N) is 6. The molecule has 0 aliphatic carbocycles. The largest absolute Gasteiger partial charge is 0.359 e. The van der Waals surface area contributed by atoms with E-state index in [9.17, 15) is 4.79 Å². The zero-order valence-corrected chi connectivity index (χ0v) is 15.4. The smallest absolute Gasteiger partial charge is 0.280 e. The van der Waals surface area contributed by atoms with Gasteiger partial charge in [0, 0.05) is 62.1 Å². The topological polar surface area (TPSA) is 92.6 Å². The van der Waals surface area contributed by atoms with Crippen molar-refractivity contribution >= 4 is 5.82 Å². The van der Waals surface area contributed by atoms with Crippen molar-refractivity contribution in [1.82, 2.24) is 29.7 Å². The summed E-state index contributed by atoms with van der Waals surface area (Å²) in [6.07, 6.45) is 9.03. The van der Waals surface area contributed by atoms with Gasteiger partial charge in [0.1, 0.15) is 12.1 Å². The Hall–Kier alpha value is -3.81. The molecule has 4 aromatic rings. The van der Waals surface area contributed by atoms with Gasteiger partial charge in [0.2, 0.25) is 0 Å². The summed E-state index contributed by atoms with van der Waals surface area (Å²) < 4.78 is 1.40. The van der Waals surface area contributed by atoms with Crippen molar-refractivity contribution in [3.63, 3.8) is 0 Å². The predicted octanol–water partition coefficient (Wildman–Crippen LogP) is 2.09. The van der Waals surface area contributed by atoms with Crippen molar-refractivity contribution in [2.45, 2.75) is 6.42 Å². The van der Waals surface area contributed by atoms with Gasteiger partial charge in [0.15, 0.2) is 5.82 Å². The molecule has 28 heavy (non-hydrogen) atoms. The maximum Gasteiger partial charge on any atom is 0.280 e. The molecule has 0 saturated heterocycles. The first-order valence-corrected chi connectivity index (χ1v) is 8.86. The van der Waals surface area contributed by atoms with E-state index in [0.29, 0.717) is 11.4 Å². The van der Waals surface area contributed by atoms with Crippen LogP contribution in [0.15, 0.2) is 72.3 Å². The zero-order chi connectivity index (χ0) is 19.3.